The molecule has 0 aliphatic rings. The van der Waals surface area contributed by atoms with E-state index in [-0.39, 0.29) is 24.7 Å². The predicted octanol–water partition coefficient (Wildman–Crippen LogP) is 0.916. The van der Waals surface area contributed by atoms with Crippen molar-refractivity contribution in [3.8, 4) is 0 Å². The van der Waals surface area contributed by atoms with Crippen molar-refractivity contribution in [3.05, 3.63) is 24.3 Å². The van der Waals surface area contributed by atoms with Gasteiger partial charge in [0.05, 0.1) is 11.5 Å². The number of benzene rings is 1. The van der Waals surface area contributed by atoms with Gasteiger partial charge >= 0.3 is 6.09 Å². The Morgan fingerprint density at radius 1 is 1.30 bits per heavy atom. The van der Waals surface area contributed by atoms with Gasteiger partial charge in [0.2, 0.25) is 10.0 Å². The molecule has 0 spiro atoms. The van der Waals surface area contributed by atoms with E-state index in [1.165, 1.54) is 24.3 Å². The van der Waals surface area contributed by atoms with Crippen LogP contribution in [0.3, 0.4) is 0 Å². The lowest BCUT2D eigenvalue weighted by Gasteiger charge is -2.08. The normalized spacial score (nSPS) is 11.1. The van der Waals surface area contributed by atoms with Crippen LogP contribution in [0, 0.1) is 0 Å². The van der Waals surface area contributed by atoms with Gasteiger partial charge in [-0.15, -0.1) is 0 Å². The Labute approximate surface area is 118 Å². The predicted molar refractivity (Wildman–Crippen MR) is 74.0 cm³/mol. The third-order valence-electron chi connectivity index (χ3n) is 2.31. The lowest BCUT2D eigenvalue weighted by Crippen LogP contribution is -2.25. The molecule has 20 heavy (non-hydrogen) atoms. The molecule has 0 heterocycles. The number of carbonyl (C=O) groups is 1. The van der Waals surface area contributed by atoms with Gasteiger partial charge in [0.25, 0.3) is 0 Å². The largest absolute Gasteiger partial charge is 0.450 e. The van der Waals surface area contributed by atoms with Crippen molar-refractivity contribution in [2.24, 2.45) is 0 Å². The molecule has 1 rings (SSSR count). The lowest BCUT2D eigenvalue weighted by molar-refractivity contribution is 0.168. The van der Waals surface area contributed by atoms with Crippen molar-refractivity contribution in [3.63, 3.8) is 0 Å². The number of hydrogen-bond acceptors (Lipinski definition) is 5. The summed E-state index contributed by atoms with van der Waals surface area (Å²) in [6, 6.07) is 5.70. The maximum atomic E-state index is 11.8. The van der Waals surface area contributed by atoms with Gasteiger partial charge in [-0.1, -0.05) is 0 Å². The average molecular weight is 302 g/mol. The molecule has 0 aliphatic heterocycles. The van der Waals surface area contributed by atoms with E-state index in [2.05, 4.69) is 10.0 Å². The number of nitrogens with one attached hydrogen (secondary N) is 2. The smallest absolute Gasteiger partial charge is 0.411 e. The highest BCUT2D eigenvalue weighted by Crippen LogP contribution is 2.14. The highest BCUT2D eigenvalue weighted by atomic mass is 32.2. The third-order valence-corrected chi connectivity index (χ3v) is 3.79. The first kappa shape index (κ1) is 16.4. The molecule has 0 fully saturated rings. The van der Waals surface area contributed by atoms with E-state index in [4.69, 9.17) is 9.84 Å². The Morgan fingerprint density at radius 2 is 1.95 bits per heavy atom. The fourth-order valence-electron chi connectivity index (χ4n) is 1.37. The van der Waals surface area contributed by atoms with Crippen LogP contribution >= 0.6 is 0 Å². The Hall–Kier alpha value is -1.64. The second-order valence-corrected chi connectivity index (χ2v) is 5.61. The minimum absolute atomic E-state index is 0.0785. The van der Waals surface area contributed by atoms with Gasteiger partial charge in [-0.25, -0.2) is 17.9 Å². The summed E-state index contributed by atoms with van der Waals surface area (Å²) in [5, 5.41) is 11.1. The Bertz CT molecular complexity index is 527. The summed E-state index contributed by atoms with van der Waals surface area (Å²) in [5.74, 6) is 0. The standard InChI is InChI=1S/C12H18N2O5S/c1-2-19-12(16)14-10-4-6-11(7-5-10)20(17,18)13-8-3-9-15/h4-7,13,15H,2-3,8-9H2,1H3,(H,14,16). The van der Waals surface area contributed by atoms with E-state index >= 15 is 0 Å². The molecule has 1 amide bonds. The molecule has 0 bridgehead atoms. The van der Waals surface area contributed by atoms with Gasteiger partial charge in [0.1, 0.15) is 0 Å². The van der Waals surface area contributed by atoms with Crippen LogP contribution in [0.4, 0.5) is 10.5 Å². The maximum Gasteiger partial charge on any atom is 0.411 e. The quantitative estimate of drug-likeness (QED) is 0.649. The first-order valence-corrected chi connectivity index (χ1v) is 7.62. The first-order chi connectivity index (χ1) is 9.49. The van der Waals surface area contributed by atoms with Gasteiger partial charge in [-0.05, 0) is 37.6 Å². The minimum Gasteiger partial charge on any atom is -0.450 e. The molecular formula is C12H18N2O5S. The average Bonchev–Trinajstić information content (AvgIpc) is 2.39. The van der Waals surface area contributed by atoms with Crippen LogP contribution in [-0.2, 0) is 14.8 Å². The molecule has 0 atom stereocenters. The molecule has 0 saturated carbocycles. The second-order valence-electron chi connectivity index (χ2n) is 3.84. The molecule has 7 nitrogen and oxygen atoms in total. The number of hydrogen-bond donors (Lipinski definition) is 3. The van der Waals surface area contributed by atoms with Crippen LogP contribution in [0.25, 0.3) is 0 Å². The van der Waals surface area contributed by atoms with Crippen LogP contribution in [0.5, 0.6) is 0 Å². The monoisotopic (exact) mass is 302 g/mol. The summed E-state index contributed by atoms with van der Waals surface area (Å²) in [7, 11) is -3.59. The number of aliphatic hydroxyl groups is 1. The molecule has 0 aliphatic carbocycles. The van der Waals surface area contributed by atoms with Crippen molar-refractivity contribution in [1.82, 2.24) is 4.72 Å². The van der Waals surface area contributed by atoms with Crippen molar-refractivity contribution < 1.29 is 23.1 Å². The van der Waals surface area contributed by atoms with Crippen LogP contribution < -0.4 is 10.0 Å². The van der Waals surface area contributed by atoms with Gasteiger partial charge < -0.3 is 9.84 Å². The molecule has 112 valence electrons. The zero-order valence-corrected chi connectivity index (χ0v) is 11.9. The summed E-state index contributed by atoms with van der Waals surface area (Å²) in [4.78, 5) is 11.3. The van der Waals surface area contributed by atoms with Crippen molar-refractivity contribution in [2.45, 2.75) is 18.2 Å². The molecule has 1 aromatic rings. The number of sulfonamides is 1. The molecule has 3 N–H and O–H groups in total. The molecule has 0 saturated heterocycles. The molecule has 0 aromatic heterocycles. The Kier molecular flexibility index (Phi) is 6.43. The van der Waals surface area contributed by atoms with Crippen molar-refractivity contribution in [1.29, 1.82) is 0 Å². The van der Waals surface area contributed by atoms with E-state index in [9.17, 15) is 13.2 Å². The van der Waals surface area contributed by atoms with E-state index in [1.807, 2.05) is 0 Å². The summed E-state index contributed by atoms with van der Waals surface area (Å²) < 4.78 is 30.7. The topological polar surface area (TPSA) is 105 Å². The first-order valence-electron chi connectivity index (χ1n) is 6.14. The summed E-state index contributed by atoms with van der Waals surface area (Å²) >= 11 is 0. The van der Waals surface area contributed by atoms with E-state index in [0.29, 0.717) is 12.1 Å². The SMILES string of the molecule is CCOC(=O)Nc1ccc(S(=O)(=O)NCCCO)cc1. The number of aliphatic hydroxyl groups excluding tert-OH is 1. The maximum absolute atomic E-state index is 11.8. The summed E-state index contributed by atoms with van der Waals surface area (Å²) in [6.07, 6.45) is -0.244. The highest BCUT2D eigenvalue weighted by molar-refractivity contribution is 7.89. The minimum atomic E-state index is -3.59. The number of carbonyl (C=O) groups excluding carboxylic acids is 1. The van der Waals surface area contributed by atoms with Gasteiger partial charge in [-0.2, -0.15) is 0 Å². The van der Waals surface area contributed by atoms with Gasteiger partial charge in [0.15, 0.2) is 0 Å². The molecule has 8 heteroatoms. The van der Waals surface area contributed by atoms with Crippen molar-refractivity contribution >= 4 is 21.8 Å². The van der Waals surface area contributed by atoms with Crippen LogP contribution in [0.1, 0.15) is 13.3 Å². The van der Waals surface area contributed by atoms with Crippen LogP contribution in [0.2, 0.25) is 0 Å². The zero-order chi connectivity index (χ0) is 15.0. The number of ether oxygens (including phenoxy) is 1. The summed E-state index contributed by atoms with van der Waals surface area (Å²) in [6.45, 7) is 2.03. The summed E-state index contributed by atoms with van der Waals surface area (Å²) in [5.41, 5.74) is 0.442. The Balaban J connectivity index is 2.68. The van der Waals surface area contributed by atoms with Gasteiger partial charge in [-0.3, -0.25) is 5.32 Å². The molecular weight excluding hydrogens is 284 g/mol. The number of anilines is 1. The molecule has 0 unspecified atom stereocenters. The number of rotatable bonds is 7. The third kappa shape index (κ3) is 5.16. The van der Waals surface area contributed by atoms with Crippen molar-refractivity contribution in [2.75, 3.05) is 25.1 Å². The molecule has 1 aromatic carbocycles. The highest BCUT2D eigenvalue weighted by Gasteiger charge is 2.13. The fraction of sp³-hybridized carbons (Fsp3) is 0.417. The van der Waals surface area contributed by atoms with Crippen LogP contribution in [-0.4, -0.2) is 39.4 Å². The van der Waals surface area contributed by atoms with E-state index in [1.54, 1.807) is 6.92 Å². The number of amides is 1. The van der Waals surface area contributed by atoms with Crippen LogP contribution in [0.15, 0.2) is 29.2 Å². The fourth-order valence-corrected chi connectivity index (χ4v) is 2.45. The van der Waals surface area contributed by atoms with E-state index in [0.717, 1.165) is 0 Å². The van der Waals surface area contributed by atoms with Gasteiger partial charge in [0, 0.05) is 18.8 Å². The lowest BCUT2D eigenvalue weighted by atomic mass is 10.3. The molecule has 0 radical (unpaired) electrons. The Morgan fingerprint density at radius 3 is 2.50 bits per heavy atom. The van der Waals surface area contributed by atoms with E-state index < -0.39 is 16.1 Å². The zero-order valence-electron chi connectivity index (χ0n) is 11.1. The second kappa shape index (κ2) is 7.83.